The van der Waals surface area contributed by atoms with Crippen molar-refractivity contribution in [1.29, 1.82) is 0 Å². The van der Waals surface area contributed by atoms with Gasteiger partial charge in [-0.15, -0.1) is 0 Å². The van der Waals surface area contributed by atoms with Gasteiger partial charge in [0.05, 0.1) is 4.92 Å². The van der Waals surface area contributed by atoms with E-state index in [1.54, 1.807) is 4.90 Å². The van der Waals surface area contributed by atoms with Crippen LogP contribution < -0.4 is 0 Å². The van der Waals surface area contributed by atoms with Gasteiger partial charge in [0.1, 0.15) is 5.56 Å². The fourth-order valence-electron chi connectivity index (χ4n) is 2.32. The average Bonchev–Trinajstić information content (AvgIpc) is 2.39. The summed E-state index contributed by atoms with van der Waals surface area (Å²) in [4.78, 5) is 28.3. The third kappa shape index (κ3) is 3.30. The van der Waals surface area contributed by atoms with Crippen LogP contribution in [0.5, 0.6) is 0 Å². The molecule has 0 aliphatic heterocycles. The van der Waals surface area contributed by atoms with E-state index >= 15 is 0 Å². The first kappa shape index (κ1) is 15.7. The standard InChI is InChI=1S/C13H16ClN3O4/c14-12-11(17(20)21)10(5-6-15-12)13(19)16(7-2-8-18)9-3-1-4-9/h5-6,9,18H,1-4,7-8H2. The van der Waals surface area contributed by atoms with Crippen molar-refractivity contribution in [3.05, 3.63) is 33.1 Å². The summed E-state index contributed by atoms with van der Waals surface area (Å²) < 4.78 is 0. The summed E-state index contributed by atoms with van der Waals surface area (Å²) in [5.74, 6) is -0.427. The second-order valence-corrected chi connectivity index (χ2v) is 5.27. The highest BCUT2D eigenvalue weighted by Crippen LogP contribution is 2.31. The van der Waals surface area contributed by atoms with Gasteiger partial charge in [-0.05, 0) is 31.7 Å². The van der Waals surface area contributed by atoms with Crippen LogP contribution in [-0.4, -0.2) is 45.0 Å². The number of aliphatic hydroxyl groups excluding tert-OH is 1. The van der Waals surface area contributed by atoms with Crippen molar-refractivity contribution in [3.63, 3.8) is 0 Å². The van der Waals surface area contributed by atoms with Crippen LogP contribution in [0, 0.1) is 10.1 Å². The monoisotopic (exact) mass is 313 g/mol. The van der Waals surface area contributed by atoms with Gasteiger partial charge in [0.25, 0.3) is 5.91 Å². The molecule has 1 aromatic rings. The molecule has 1 N–H and O–H groups in total. The van der Waals surface area contributed by atoms with Gasteiger partial charge in [-0.25, -0.2) is 4.98 Å². The minimum atomic E-state index is -0.687. The first-order chi connectivity index (χ1) is 10.1. The molecule has 1 aliphatic carbocycles. The maximum atomic E-state index is 12.6. The fraction of sp³-hybridized carbons (Fsp3) is 0.538. The molecule has 1 fully saturated rings. The van der Waals surface area contributed by atoms with Gasteiger partial charge < -0.3 is 10.0 Å². The van der Waals surface area contributed by atoms with E-state index in [-0.39, 0.29) is 23.4 Å². The molecule has 2 rings (SSSR count). The molecule has 7 nitrogen and oxygen atoms in total. The summed E-state index contributed by atoms with van der Waals surface area (Å²) in [7, 11) is 0. The van der Waals surface area contributed by atoms with E-state index in [1.807, 2.05) is 0 Å². The Bertz CT molecular complexity index is 548. The molecule has 0 spiro atoms. The van der Waals surface area contributed by atoms with E-state index in [1.165, 1.54) is 12.3 Å². The zero-order chi connectivity index (χ0) is 15.4. The van der Waals surface area contributed by atoms with Crippen molar-refractivity contribution in [2.75, 3.05) is 13.2 Å². The van der Waals surface area contributed by atoms with E-state index < -0.39 is 16.5 Å². The lowest BCUT2D eigenvalue weighted by Gasteiger charge is -2.37. The Morgan fingerprint density at radius 2 is 2.29 bits per heavy atom. The molecule has 0 aromatic carbocycles. The number of carbonyl (C=O) groups excluding carboxylic acids is 1. The summed E-state index contributed by atoms with van der Waals surface area (Å²) in [6.07, 6.45) is 4.52. The zero-order valence-electron chi connectivity index (χ0n) is 11.4. The molecule has 0 radical (unpaired) electrons. The Hall–Kier alpha value is -1.73. The fourth-order valence-corrected chi connectivity index (χ4v) is 2.55. The molecule has 1 heterocycles. The minimum absolute atomic E-state index is 0.0320. The third-order valence-corrected chi connectivity index (χ3v) is 3.90. The maximum Gasteiger partial charge on any atom is 0.319 e. The summed E-state index contributed by atoms with van der Waals surface area (Å²) in [6, 6.07) is 1.40. The van der Waals surface area contributed by atoms with Crippen molar-refractivity contribution >= 4 is 23.2 Å². The summed E-state index contributed by atoms with van der Waals surface area (Å²) in [5.41, 5.74) is -0.512. The highest BCUT2D eigenvalue weighted by atomic mass is 35.5. The molecule has 8 heteroatoms. The number of hydrogen-bond acceptors (Lipinski definition) is 5. The Labute approximate surface area is 126 Å². The average molecular weight is 314 g/mol. The van der Waals surface area contributed by atoms with Gasteiger partial charge in [-0.3, -0.25) is 14.9 Å². The third-order valence-electron chi connectivity index (χ3n) is 3.63. The van der Waals surface area contributed by atoms with Crippen LogP contribution in [0.1, 0.15) is 36.0 Å². The molecule has 0 saturated heterocycles. The largest absolute Gasteiger partial charge is 0.396 e. The number of nitrogens with zero attached hydrogens (tertiary/aromatic N) is 3. The molecule has 114 valence electrons. The Balaban J connectivity index is 2.32. The number of nitro groups is 1. The molecule has 1 aliphatic rings. The molecule has 1 saturated carbocycles. The lowest BCUT2D eigenvalue weighted by atomic mass is 9.90. The van der Waals surface area contributed by atoms with Crippen LogP contribution in [0.4, 0.5) is 5.69 Å². The molecule has 0 unspecified atom stereocenters. The normalized spacial score (nSPS) is 14.6. The quantitative estimate of drug-likeness (QED) is 0.492. The molecule has 0 atom stereocenters. The first-order valence-corrected chi connectivity index (χ1v) is 7.14. The van der Waals surface area contributed by atoms with E-state index in [0.29, 0.717) is 13.0 Å². The van der Waals surface area contributed by atoms with Crippen molar-refractivity contribution in [2.45, 2.75) is 31.7 Å². The van der Waals surface area contributed by atoms with Crippen LogP contribution in [0.15, 0.2) is 12.3 Å². The zero-order valence-corrected chi connectivity index (χ0v) is 12.1. The number of amides is 1. The van der Waals surface area contributed by atoms with Crippen LogP contribution in [0.3, 0.4) is 0 Å². The van der Waals surface area contributed by atoms with Crippen LogP contribution in [-0.2, 0) is 0 Å². The van der Waals surface area contributed by atoms with E-state index in [2.05, 4.69) is 4.98 Å². The minimum Gasteiger partial charge on any atom is -0.396 e. The predicted octanol–water partition coefficient (Wildman–Crippen LogP) is 2.02. The smallest absolute Gasteiger partial charge is 0.319 e. The highest BCUT2D eigenvalue weighted by Gasteiger charge is 2.33. The maximum absolute atomic E-state index is 12.6. The molecule has 1 amide bonds. The molecular formula is C13H16ClN3O4. The second-order valence-electron chi connectivity index (χ2n) is 4.92. The van der Waals surface area contributed by atoms with Crippen molar-refractivity contribution in [3.8, 4) is 0 Å². The van der Waals surface area contributed by atoms with Gasteiger partial charge in [0.15, 0.2) is 0 Å². The van der Waals surface area contributed by atoms with Gasteiger partial charge in [0.2, 0.25) is 5.15 Å². The first-order valence-electron chi connectivity index (χ1n) is 6.77. The van der Waals surface area contributed by atoms with Crippen LogP contribution in [0.25, 0.3) is 0 Å². The summed E-state index contributed by atoms with van der Waals surface area (Å²) >= 11 is 5.74. The number of carbonyl (C=O) groups is 1. The van der Waals surface area contributed by atoms with Gasteiger partial charge in [-0.2, -0.15) is 0 Å². The Kier molecular flexibility index (Phi) is 5.08. The Morgan fingerprint density at radius 1 is 1.57 bits per heavy atom. The van der Waals surface area contributed by atoms with Gasteiger partial charge in [-0.1, -0.05) is 11.6 Å². The summed E-state index contributed by atoms with van der Waals surface area (Å²) in [6.45, 7) is 0.340. The molecular weight excluding hydrogens is 298 g/mol. The number of aliphatic hydroxyl groups is 1. The number of halogens is 1. The lowest BCUT2D eigenvalue weighted by molar-refractivity contribution is -0.385. The van der Waals surface area contributed by atoms with Crippen LogP contribution >= 0.6 is 11.6 Å². The topological polar surface area (TPSA) is 96.6 Å². The molecule has 1 aromatic heterocycles. The van der Waals surface area contributed by atoms with Crippen LogP contribution in [0.2, 0.25) is 5.15 Å². The number of aromatic nitrogens is 1. The van der Waals surface area contributed by atoms with E-state index in [0.717, 1.165) is 19.3 Å². The van der Waals surface area contributed by atoms with Crippen molar-refractivity contribution in [1.82, 2.24) is 9.88 Å². The number of rotatable bonds is 6. The highest BCUT2D eigenvalue weighted by molar-refractivity contribution is 6.32. The predicted molar refractivity (Wildman–Crippen MR) is 76.3 cm³/mol. The lowest BCUT2D eigenvalue weighted by Crippen LogP contribution is -2.45. The van der Waals surface area contributed by atoms with Crippen molar-refractivity contribution < 1.29 is 14.8 Å². The van der Waals surface area contributed by atoms with Crippen molar-refractivity contribution in [2.24, 2.45) is 0 Å². The SMILES string of the molecule is O=C(c1ccnc(Cl)c1[N+](=O)[O-])N(CCCO)C1CCC1. The molecule has 21 heavy (non-hydrogen) atoms. The number of hydrogen-bond donors (Lipinski definition) is 1. The summed E-state index contributed by atoms with van der Waals surface area (Å²) in [5, 5.41) is 19.8. The molecule has 0 bridgehead atoms. The van der Waals surface area contributed by atoms with Gasteiger partial charge in [0, 0.05) is 25.4 Å². The van der Waals surface area contributed by atoms with E-state index in [9.17, 15) is 14.9 Å². The van der Waals surface area contributed by atoms with E-state index in [4.69, 9.17) is 16.7 Å². The Morgan fingerprint density at radius 3 is 2.81 bits per heavy atom. The second kappa shape index (κ2) is 6.82. The van der Waals surface area contributed by atoms with Gasteiger partial charge >= 0.3 is 5.69 Å². The number of pyridine rings is 1.